The summed E-state index contributed by atoms with van der Waals surface area (Å²) in [7, 11) is 6.19. The van der Waals surface area contributed by atoms with Gasteiger partial charge in [-0.2, -0.15) is 0 Å². The number of carbonyl (C=O) groups excluding carboxylic acids is 1. The van der Waals surface area contributed by atoms with Gasteiger partial charge in [-0.05, 0) is 17.7 Å². The lowest BCUT2D eigenvalue weighted by atomic mass is 10.1. The molecule has 1 aliphatic heterocycles. The molecule has 1 unspecified atom stereocenters. The number of rotatable bonds is 4. The molecular formula is C13H17N3O4. The zero-order valence-electron chi connectivity index (χ0n) is 11.8. The molecule has 2 N–H and O–H groups in total. The number of ether oxygens (including phenoxy) is 3. The van der Waals surface area contributed by atoms with Crippen LogP contribution in [-0.2, 0) is 4.79 Å². The molecule has 1 heterocycles. The van der Waals surface area contributed by atoms with E-state index in [0.717, 1.165) is 0 Å². The normalized spacial score (nSPS) is 19.5. The van der Waals surface area contributed by atoms with Crippen molar-refractivity contribution in [1.29, 1.82) is 0 Å². The Balaban J connectivity index is 2.45. The first kappa shape index (κ1) is 14.0. The quantitative estimate of drug-likeness (QED) is 0.837. The third-order valence-electron chi connectivity index (χ3n) is 3.03. The Morgan fingerprint density at radius 3 is 2.10 bits per heavy atom. The molecule has 0 bridgehead atoms. The number of methoxy groups -OCH3 is 3. The number of hydrogen-bond donors (Lipinski definition) is 2. The molecule has 1 amide bonds. The topological polar surface area (TPSA) is 81.2 Å². The molecule has 1 aromatic carbocycles. The van der Waals surface area contributed by atoms with Crippen molar-refractivity contribution in [2.75, 3.05) is 28.4 Å². The standard InChI is InChI=1S/C13H17N3O4/c1-14-13-15-10(12(17)16-13)7-5-8(18-2)11(20-4)9(6-7)19-3/h5-6,10H,1-4H3,(H2,14,15,16,17). The SMILES string of the molecule is CN=C1NC(=O)C(c2cc(OC)c(OC)c(OC)c2)N1. The highest BCUT2D eigenvalue weighted by Crippen LogP contribution is 2.40. The maximum atomic E-state index is 11.9. The van der Waals surface area contributed by atoms with Crippen molar-refractivity contribution >= 4 is 11.9 Å². The first-order valence-electron chi connectivity index (χ1n) is 5.98. The maximum absolute atomic E-state index is 11.9. The van der Waals surface area contributed by atoms with Crippen LogP contribution in [0, 0.1) is 0 Å². The summed E-state index contributed by atoms with van der Waals surface area (Å²) in [6, 6.07) is 2.93. The van der Waals surface area contributed by atoms with Crippen LogP contribution >= 0.6 is 0 Å². The molecule has 1 aromatic rings. The van der Waals surface area contributed by atoms with Crippen LogP contribution in [0.4, 0.5) is 0 Å². The Morgan fingerprint density at radius 2 is 1.70 bits per heavy atom. The molecule has 1 saturated heterocycles. The van der Waals surface area contributed by atoms with Gasteiger partial charge in [0.25, 0.3) is 5.91 Å². The van der Waals surface area contributed by atoms with E-state index in [4.69, 9.17) is 14.2 Å². The number of amides is 1. The van der Waals surface area contributed by atoms with Gasteiger partial charge in [-0.25, -0.2) is 0 Å². The fraction of sp³-hybridized carbons (Fsp3) is 0.385. The Morgan fingerprint density at radius 1 is 1.10 bits per heavy atom. The summed E-state index contributed by atoms with van der Waals surface area (Å²) in [6.45, 7) is 0. The number of aliphatic imine (C=N–C) groups is 1. The summed E-state index contributed by atoms with van der Waals surface area (Å²) in [5, 5.41) is 5.63. The fourth-order valence-electron chi connectivity index (χ4n) is 2.05. The lowest BCUT2D eigenvalue weighted by molar-refractivity contribution is -0.120. The van der Waals surface area contributed by atoms with Gasteiger partial charge in [-0.3, -0.25) is 15.1 Å². The van der Waals surface area contributed by atoms with Crippen molar-refractivity contribution in [3.8, 4) is 17.2 Å². The molecule has 0 spiro atoms. The summed E-state index contributed by atoms with van der Waals surface area (Å²) in [4.78, 5) is 15.8. The minimum absolute atomic E-state index is 0.181. The highest BCUT2D eigenvalue weighted by molar-refractivity contribution is 6.06. The van der Waals surface area contributed by atoms with Crippen LogP contribution in [-0.4, -0.2) is 40.2 Å². The smallest absolute Gasteiger partial charge is 0.253 e. The molecular weight excluding hydrogens is 262 g/mol. The van der Waals surface area contributed by atoms with E-state index < -0.39 is 6.04 Å². The highest BCUT2D eigenvalue weighted by atomic mass is 16.5. The van der Waals surface area contributed by atoms with Crippen molar-refractivity contribution in [3.63, 3.8) is 0 Å². The molecule has 2 rings (SSSR count). The van der Waals surface area contributed by atoms with Crippen LogP contribution in [0.5, 0.6) is 17.2 Å². The van der Waals surface area contributed by atoms with Crippen LogP contribution in [0.2, 0.25) is 0 Å². The second kappa shape index (κ2) is 5.68. The Bertz CT molecular complexity index is 532. The van der Waals surface area contributed by atoms with Crippen molar-refractivity contribution in [1.82, 2.24) is 10.6 Å². The second-order valence-corrected chi connectivity index (χ2v) is 4.10. The number of nitrogens with one attached hydrogen (secondary N) is 2. The number of hydrogen-bond acceptors (Lipinski definition) is 5. The van der Waals surface area contributed by atoms with Crippen LogP contribution in [0.25, 0.3) is 0 Å². The largest absolute Gasteiger partial charge is 0.493 e. The monoisotopic (exact) mass is 279 g/mol. The molecule has 7 heteroatoms. The summed E-state index contributed by atoms with van der Waals surface area (Å²) in [5.41, 5.74) is 0.704. The number of nitrogens with zero attached hydrogens (tertiary/aromatic N) is 1. The zero-order chi connectivity index (χ0) is 14.7. The van der Waals surface area contributed by atoms with Crippen LogP contribution in [0.15, 0.2) is 17.1 Å². The zero-order valence-corrected chi connectivity index (χ0v) is 11.8. The van der Waals surface area contributed by atoms with Gasteiger partial charge < -0.3 is 19.5 Å². The van der Waals surface area contributed by atoms with Gasteiger partial charge in [0.05, 0.1) is 21.3 Å². The lowest BCUT2D eigenvalue weighted by Gasteiger charge is -2.16. The van der Waals surface area contributed by atoms with Gasteiger partial charge in [0.15, 0.2) is 17.5 Å². The predicted molar refractivity (Wildman–Crippen MR) is 73.5 cm³/mol. The first-order chi connectivity index (χ1) is 9.64. The Labute approximate surface area is 116 Å². The van der Waals surface area contributed by atoms with Crippen LogP contribution < -0.4 is 24.8 Å². The van der Waals surface area contributed by atoms with Crippen molar-refractivity contribution in [3.05, 3.63) is 17.7 Å². The van der Waals surface area contributed by atoms with E-state index in [2.05, 4.69) is 15.6 Å². The summed E-state index contributed by atoms with van der Waals surface area (Å²) < 4.78 is 15.8. The Kier molecular flexibility index (Phi) is 3.97. The van der Waals surface area contributed by atoms with Crippen LogP contribution in [0.1, 0.15) is 11.6 Å². The number of benzene rings is 1. The van der Waals surface area contributed by atoms with Gasteiger partial charge in [0, 0.05) is 7.05 Å². The minimum Gasteiger partial charge on any atom is -0.493 e. The third-order valence-corrected chi connectivity index (χ3v) is 3.03. The van der Waals surface area contributed by atoms with Gasteiger partial charge >= 0.3 is 0 Å². The molecule has 0 saturated carbocycles. The molecule has 1 atom stereocenters. The molecule has 1 fully saturated rings. The third kappa shape index (κ3) is 2.34. The van der Waals surface area contributed by atoms with Crippen LogP contribution in [0.3, 0.4) is 0 Å². The van der Waals surface area contributed by atoms with Gasteiger partial charge in [-0.15, -0.1) is 0 Å². The molecule has 0 radical (unpaired) electrons. The lowest BCUT2D eigenvalue weighted by Crippen LogP contribution is -2.24. The van der Waals surface area contributed by atoms with Crippen molar-refractivity contribution < 1.29 is 19.0 Å². The van der Waals surface area contributed by atoms with Crippen molar-refractivity contribution in [2.45, 2.75) is 6.04 Å². The van der Waals surface area contributed by atoms with E-state index in [1.807, 2.05) is 0 Å². The second-order valence-electron chi connectivity index (χ2n) is 4.10. The van der Waals surface area contributed by atoms with Gasteiger partial charge in [-0.1, -0.05) is 0 Å². The maximum Gasteiger partial charge on any atom is 0.253 e. The summed E-state index contributed by atoms with van der Waals surface area (Å²) >= 11 is 0. The van der Waals surface area contributed by atoms with Gasteiger partial charge in [0.2, 0.25) is 5.75 Å². The fourth-order valence-corrected chi connectivity index (χ4v) is 2.05. The average molecular weight is 279 g/mol. The molecule has 1 aliphatic rings. The van der Waals surface area contributed by atoms with E-state index in [0.29, 0.717) is 28.8 Å². The molecule has 0 aromatic heterocycles. The molecule has 108 valence electrons. The van der Waals surface area contributed by atoms with E-state index in [9.17, 15) is 4.79 Å². The molecule has 0 aliphatic carbocycles. The van der Waals surface area contributed by atoms with Gasteiger partial charge in [0.1, 0.15) is 6.04 Å². The molecule has 7 nitrogen and oxygen atoms in total. The predicted octanol–water partition coefficient (Wildman–Crippen LogP) is 0.459. The number of carbonyl (C=O) groups is 1. The minimum atomic E-state index is -0.539. The highest BCUT2D eigenvalue weighted by Gasteiger charge is 2.31. The molecule has 20 heavy (non-hydrogen) atoms. The first-order valence-corrected chi connectivity index (χ1v) is 5.98. The summed E-state index contributed by atoms with van der Waals surface area (Å²) in [6.07, 6.45) is 0. The van der Waals surface area contributed by atoms with Crippen molar-refractivity contribution in [2.24, 2.45) is 4.99 Å². The van der Waals surface area contributed by atoms with E-state index in [1.165, 1.54) is 21.3 Å². The van der Waals surface area contributed by atoms with E-state index >= 15 is 0 Å². The van der Waals surface area contributed by atoms with E-state index in [-0.39, 0.29) is 5.91 Å². The summed E-state index contributed by atoms with van der Waals surface area (Å²) in [5.74, 6) is 1.74. The van der Waals surface area contributed by atoms with E-state index in [1.54, 1.807) is 19.2 Å². The average Bonchev–Trinajstić information content (AvgIpc) is 2.86. The number of guanidine groups is 1. The Hall–Kier alpha value is -2.44.